The van der Waals surface area contributed by atoms with Crippen LogP contribution in [0.25, 0.3) is 0 Å². The van der Waals surface area contributed by atoms with Gasteiger partial charge in [0.15, 0.2) is 0 Å². The minimum Gasteiger partial charge on any atom is -0.336 e. The smallest absolute Gasteiger partial charge is 0.255 e. The van der Waals surface area contributed by atoms with Gasteiger partial charge < -0.3 is 4.90 Å². The molecule has 1 saturated carbocycles. The Labute approximate surface area is 128 Å². The van der Waals surface area contributed by atoms with Crippen molar-refractivity contribution in [3.05, 3.63) is 29.8 Å². The molecule has 0 spiro atoms. The standard InChI is InChI=1S/C15H20BrNOS/c1-19-14-9-3-2-8-13(14)15(18)17(11-5-10-16)12-6-4-7-12/h2-3,8-9,12H,4-7,10-11H2,1H3. The van der Waals surface area contributed by atoms with Crippen LogP contribution in [0, 0.1) is 0 Å². The maximum Gasteiger partial charge on any atom is 0.255 e. The minimum absolute atomic E-state index is 0.204. The lowest BCUT2D eigenvalue weighted by Crippen LogP contribution is -2.45. The van der Waals surface area contributed by atoms with Crippen LogP contribution in [-0.4, -0.2) is 35.0 Å². The second-order valence-electron chi connectivity index (χ2n) is 4.83. The molecule has 0 bridgehead atoms. The monoisotopic (exact) mass is 341 g/mol. The summed E-state index contributed by atoms with van der Waals surface area (Å²) in [5, 5.41) is 0.952. The molecule has 0 heterocycles. The summed E-state index contributed by atoms with van der Waals surface area (Å²) in [6.45, 7) is 0.859. The van der Waals surface area contributed by atoms with E-state index in [2.05, 4.69) is 20.8 Å². The lowest BCUT2D eigenvalue weighted by atomic mass is 9.91. The molecule has 2 nitrogen and oxygen atoms in total. The van der Waals surface area contributed by atoms with Crippen LogP contribution in [0.1, 0.15) is 36.0 Å². The Bertz CT molecular complexity index is 434. The van der Waals surface area contributed by atoms with Gasteiger partial charge in [-0.05, 0) is 44.1 Å². The number of hydrogen-bond acceptors (Lipinski definition) is 2. The van der Waals surface area contributed by atoms with Gasteiger partial charge in [0.1, 0.15) is 0 Å². The molecule has 19 heavy (non-hydrogen) atoms. The number of hydrogen-bond donors (Lipinski definition) is 0. The van der Waals surface area contributed by atoms with Crippen LogP contribution in [0.2, 0.25) is 0 Å². The first-order chi connectivity index (χ1) is 9.27. The van der Waals surface area contributed by atoms with E-state index >= 15 is 0 Å². The van der Waals surface area contributed by atoms with Crippen LogP contribution in [0.3, 0.4) is 0 Å². The molecule has 1 fully saturated rings. The van der Waals surface area contributed by atoms with Crippen molar-refractivity contribution in [2.75, 3.05) is 18.1 Å². The van der Waals surface area contributed by atoms with Crippen LogP contribution in [0.5, 0.6) is 0 Å². The summed E-state index contributed by atoms with van der Waals surface area (Å²) in [4.78, 5) is 15.9. The lowest BCUT2D eigenvalue weighted by Gasteiger charge is -2.38. The van der Waals surface area contributed by atoms with Gasteiger partial charge in [0.2, 0.25) is 0 Å². The topological polar surface area (TPSA) is 20.3 Å². The number of nitrogens with zero attached hydrogens (tertiary/aromatic N) is 1. The molecular weight excluding hydrogens is 322 g/mol. The number of halogens is 1. The molecule has 1 aromatic rings. The van der Waals surface area contributed by atoms with Crippen LogP contribution >= 0.6 is 27.7 Å². The van der Waals surface area contributed by atoms with Crippen molar-refractivity contribution >= 4 is 33.6 Å². The summed E-state index contributed by atoms with van der Waals surface area (Å²) in [7, 11) is 0. The van der Waals surface area contributed by atoms with Crippen molar-refractivity contribution in [2.24, 2.45) is 0 Å². The fourth-order valence-electron chi connectivity index (χ4n) is 2.35. The Morgan fingerprint density at radius 3 is 2.74 bits per heavy atom. The Morgan fingerprint density at radius 2 is 2.16 bits per heavy atom. The molecule has 1 aromatic carbocycles. The van der Waals surface area contributed by atoms with Crippen molar-refractivity contribution in [1.29, 1.82) is 0 Å². The summed E-state index contributed by atoms with van der Waals surface area (Å²) < 4.78 is 0. The molecule has 0 atom stereocenters. The van der Waals surface area contributed by atoms with Crippen LogP contribution in [0.15, 0.2) is 29.2 Å². The summed E-state index contributed by atoms with van der Waals surface area (Å²) in [5.74, 6) is 0.204. The highest BCUT2D eigenvalue weighted by molar-refractivity contribution is 9.09. The van der Waals surface area contributed by atoms with Gasteiger partial charge in [0.05, 0.1) is 5.56 Å². The largest absolute Gasteiger partial charge is 0.336 e. The van der Waals surface area contributed by atoms with Gasteiger partial charge in [-0.3, -0.25) is 4.79 Å². The molecule has 104 valence electrons. The van der Waals surface area contributed by atoms with Crippen LogP contribution < -0.4 is 0 Å². The lowest BCUT2D eigenvalue weighted by molar-refractivity contribution is 0.0577. The second kappa shape index (κ2) is 7.34. The number of carbonyl (C=O) groups is 1. The molecule has 0 saturated heterocycles. The Balaban J connectivity index is 2.17. The first-order valence-corrected chi connectivity index (χ1v) is 9.12. The molecule has 0 aliphatic heterocycles. The average molecular weight is 342 g/mol. The van der Waals surface area contributed by atoms with Crippen molar-refractivity contribution in [2.45, 2.75) is 36.6 Å². The molecule has 0 unspecified atom stereocenters. The maximum absolute atomic E-state index is 12.8. The third-order valence-corrected chi connectivity index (χ3v) is 5.00. The van der Waals surface area contributed by atoms with Crippen molar-refractivity contribution in [3.8, 4) is 0 Å². The highest BCUT2D eigenvalue weighted by Crippen LogP contribution is 2.29. The van der Waals surface area contributed by atoms with Crippen molar-refractivity contribution in [3.63, 3.8) is 0 Å². The Kier molecular flexibility index (Phi) is 5.76. The van der Waals surface area contributed by atoms with Crippen molar-refractivity contribution in [1.82, 2.24) is 4.90 Å². The summed E-state index contributed by atoms with van der Waals surface area (Å²) in [5.41, 5.74) is 0.858. The maximum atomic E-state index is 12.8. The summed E-state index contributed by atoms with van der Waals surface area (Å²) >= 11 is 5.10. The summed E-state index contributed by atoms with van der Waals surface area (Å²) in [6, 6.07) is 8.39. The van der Waals surface area contributed by atoms with E-state index in [1.165, 1.54) is 6.42 Å². The number of amides is 1. The first kappa shape index (κ1) is 14.9. The number of carbonyl (C=O) groups excluding carboxylic acids is 1. The second-order valence-corrected chi connectivity index (χ2v) is 6.47. The molecule has 0 N–H and O–H groups in total. The zero-order chi connectivity index (χ0) is 13.7. The predicted octanol–water partition coefficient (Wildman–Crippen LogP) is 4.19. The molecule has 1 aliphatic rings. The molecule has 4 heteroatoms. The zero-order valence-corrected chi connectivity index (χ0v) is 13.7. The predicted molar refractivity (Wildman–Crippen MR) is 85.3 cm³/mol. The number of thioether (sulfide) groups is 1. The van der Waals surface area contributed by atoms with Gasteiger partial charge in [0, 0.05) is 22.8 Å². The molecule has 0 aromatic heterocycles. The van der Waals surface area contributed by atoms with Crippen molar-refractivity contribution < 1.29 is 4.79 Å². The van der Waals surface area contributed by atoms with Gasteiger partial charge in [-0.15, -0.1) is 11.8 Å². The van der Waals surface area contributed by atoms with Gasteiger partial charge in [-0.2, -0.15) is 0 Å². The molecule has 1 aliphatic carbocycles. The van der Waals surface area contributed by atoms with Gasteiger partial charge >= 0.3 is 0 Å². The average Bonchev–Trinajstić information content (AvgIpc) is 2.40. The van der Waals surface area contributed by atoms with E-state index in [0.717, 1.165) is 41.6 Å². The van der Waals surface area contributed by atoms with E-state index < -0.39 is 0 Å². The third kappa shape index (κ3) is 3.54. The summed E-state index contributed by atoms with van der Waals surface area (Å²) in [6.07, 6.45) is 6.62. The number of alkyl halides is 1. The molecule has 0 radical (unpaired) electrons. The van der Waals surface area contributed by atoms with Crippen LogP contribution in [0.4, 0.5) is 0 Å². The molecule has 2 rings (SSSR count). The highest BCUT2D eigenvalue weighted by atomic mass is 79.9. The fraction of sp³-hybridized carbons (Fsp3) is 0.533. The first-order valence-electron chi connectivity index (χ1n) is 6.78. The van der Waals surface area contributed by atoms with Gasteiger partial charge in [-0.1, -0.05) is 28.1 Å². The number of rotatable bonds is 6. The van der Waals surface area contributed by atoms with E-state index in [-0.39, 0.29) is 5.91 Å². The SMILES string of the molecule is CSc1ccccc1C(=O)N(CCCBr)C1CCC1. The fourth-order valence-corrected chi connectivity index (χ4v) is 3.20. The zero-order valence-electron chi connectivity index (χ0n) is 11.3. The quantitative estimate of drug-likeness (QED) is 0.571. The third-order valence-electron chi connectivity index (χ3n) is 3.65. The normalized spacial score (nSPS) is 15.1. The van der Waals surface area contributed by atoms with Gasteiger partial charge in [-0.25, -0.2) is 0 Å². The van der Waals surface area contributed by atoms with E-state index in [1.54, 1.807) is 11.8 Å². The highest BCUT2D eigenvalue weighted by Gasteiger charge is 2.29. The van der Waals surface area contributed by atoms with Crippen LogP contribution in [-0.2, 0) is 0 Å². The minimum atomic E-state index is 0.204. The van der Waals surface area contributed by atoms with Gasteiger partial charge in [0.25, 0.3) is 5.91 Å². The molecular formula is C15H20BrNOS. The Hall–Kier alpha value is -0.480. The number of benzene rings is 1. The molecule has 1 amide bonds. The van der Waals surface area contributed by atoms with E-state index in [0.29, 0.717) is 6.04 Å². The van der Waals surface area contributed by atoms with E-state index in [4.69, 9.17) is 0 Å². The van der Waals surface area contributed by atoms with E-state index in [9.17, 15) is 4.79 Å². The Morgan fingerprint density at radius 1 is 1.42 bits per heavy atom. The van der Waals surface area contributed by atoms with E-state index in [1.807, 2.05) is 30.5 Å².